The number of alkyl halides is 1. The van der Waals surface area contributed by atoms with Gasteiger partial charge in [0.05, 0.1) is 12.6 Å². The van der Waals surface area contributed by atoms with Crippen LogP contribution in [0.4, 0.5) is 4.39 Å². The average Bonchev–Trinajstić information content (AvgIpc) is 3.56. The predicted molar refractivity (Wildman–Crippen MR) is 153 cm³/mol. The summed E-state index contributed by atoms with van der Waals surface area (Å²) in [7, 11) is 0. The second kappa shape index (κ2) is 11.7. The first-order chi connectivity index (χ1) is 19.2. The van der Waals surface area contributed by atoms with Crippen LogP contribution in [0.2, 0.25) is 0 Å². The molecule has 1 saturated carbocycles. The molecule has 0 radical (unpaired) electrons. The fourth-order valence-electron chi connectivity index (χ4n) is 7.00. The SMILES string of the molecule is CC(=O)N1CCC2(CCC(C(=O)N3C[C@H](F)C[C@H]3C(=O)N[C@@H](c3ccccc3)c3ccc(C(C)C)cc3)C2)CC1. The largest absolute Gasteiger partial charge is 0.343 e. The maximum absolute atomic E-state index is 14.8. The van der Waals surface area contributed by atoms with Gasteiger partial charge in [0.1, 0.15) is 12.2 Å². The van der Waals surface area contributed by atoms with Gasteiger partial charge in [-0.2, -0.15) is 0 Å². The summed E-state index contributed by atoms with van der Waals surface area (Å²) < 4.78 is 14.8. The summed E-state index contributed by atoms with van der Waals surface area (Å²) in [6, 6.07) is 16.8. The van der Waals surface area contributed by atoms with Gasteiger partial charge in [0, 0.05) is 32.4 Å². The molecule has 1 spiro atoms. The number of hydrogen-bond donors (Lipinski definition) is 1. The van der Waals surface area contributed by atoms with Crippen LogP contribution in [0.1, 0.15) is 87.9 Å². The summed E-state index contributed by atoms with van der Waals surface area (Å²) in [6.07, 6.45) is 3.08. The van der Waals surface area contributed by atoms with Crippen molar-refractivity contribution in [2.24, 2.45) is 11.3 Å². The van der Waals surface area contributed by atoms with Crippen molar-refractivity contribution >= 4 is 17.7 Å². The van der Waals surface area contributed by atoms with Crippen molar-refractivity contribution in [3.8, 4) is 0 Å². The van der Waals surface area contributed by atoms with E-state index in [1.54, 1.807) is 6.92 Å². The van der Waals surface area contributed by atoms with Crippen LogP contribution in [0.25, 0.3) is 0 Å². The Hall–Kier alpha value is -3.22. The molecule has 3 amide bonds. The Morgan fingerprint density at radius 1 is 0.925 bits per heavy atom. The van der Waals surface area contributed by atoms with Crippen LogP contribution in [-0.2, 0) is 14.4 Å². The highest BCUT2D eigenvalue weighted by Gasteiger charge is 2.48. The number of benzene rings is 2. The maximum Gasteiger partial charge on any atom is 0.243 e. The van der Waals surface area contributed by atoms with E-state index in [-0.39, 0.29) is 42.0 Å². The third-order valence-electron chi connectivity index (χ3n) is 9.51. The molecule has 40 heavy (non-hydrogen) atoms. The molecule has 1 N–H and O–H groups in total. The Morgan fingerprint density at radius 3 is 2.17 bits per heavy atom. The average molecular weight is 548 g/mol. The zero-order valence-corrected chi connectivity index (χ0v) is 23.9. The second-order valence-corrected chi connectivity index (χ2v) is 12.5. The van der Waals surface area contributed by atoms with E-state index in [1.807, 2.05) is 47.4 Å². The van der Waals surface area contributed by atoms with Gasteiger partial charge in [-0.1, -0.05) is 68.4 Å². The highest BCUT2D eigenvalue weighted by atomic mass is 19.1. The van der Waals surface area contributed by atoms with Crippen molar-refractivity contribution < 1.29 is 18.8 Å². The number of likely N-dealkylation sites (tertiary alicyclic amines) is 2. The Bertz CT molecular complexity index is 1210. The van der Waals surface area contributed by atoms with E-state index in [0.717, 1.165) is 56.3 Å². The molecule has 1 aliphatic carbocycles. The highest BCUT2D eigenvalue weighted by Crippen LogP contribution is 2.49. The van der Waals surface area contributed by atoms with E-state index in [2.05, 4.69) is 31.3 Å². The number of nitrogens with zero attached hydrogens (tertiary/aromatic N) is 2. The molecule has 4 atom stereocenters. The quantitative estimate of drug-likeness (QED) is 0.528. The van der Waals surface area contributed by atoms with Crippen molar-refractivity contribution in [2.75, 3.05) is 19.6 Å². The molecule has 2 saturated heterocycles. The third-order valence-corrected chi connectivity index (χ3v) is 9.51. The number of amides is 3. The molecule has 5 rings (SSSR count). The van der Waals surface area contributed by atoms with Crippen LogP contribution in [0.5, 0.6) is 0 Å². The Balaban J connectivity index is 1.30. The molecule has 0 aromatic heterocycles. The summed E-state index contributed by atoms with van der Waals surface area (Å²) in [5.74, 6) is -0.0979. The van der Waals surface area contributed by atoms with Gasteiger partial charge >= 0.3 is 0 Å². The lowest BCUT2D eigenvalue weighted by molar-refractivity contribution is -0.142. The van der Waals surface area contributed by atoms with Crippen molar-refractivity contribution in [3.05, 3.63) is 71.3 Å². The van der Waals surface area contributed by atoms with Crippen LogP contribution in [-0.4, -0.2) is 59.4 Å². The molecular weight excluding hydrogens is 505 g/mol. The molecule has 3 aliphatic rings. The van der Waals surface area contributed by atoms with Gasteiger partial charge < -0.3 is 15.1 Å². The number of halogens is 1. The fraction of sp³-hybridized carbons (Fsp3) is 0.545. The molecule has 6 nitrogen and oxygen atoms in total. The van der Waals surface area contributed by atoms with E-state index in [0.29, 0.717) is 5.92 Å². The number of carbonyl (C=O) groups excluding carboxylic acids is 3. The Morgan fingerprint density at radius 2 is 1.55 bits per heavy atom. The van der Waals surface area contributed by atoms with Crippen LogP contribution >= 0.6 is 0 Å². The molecular formula is C33H42FN3O3. The van der Waals surface area contributed by atoms with Gasteiger partial charge in [0.15, 0.2) is 0 Å². The van der Waals surface area contributed by atoms with Gasteiger partial charge in [-0.3, -0.25) is 14.4 Å². The zero-order chi connectivity index (χ0) is 28.4. The first-order valence-electron chi connectivity index (χ1n) is 14.8. The number of carbonyl (C=O) groups is 3. The van der Waals surface area contributed by atoms with E-state index >= 15 is 0 Å². The minimum Gasteiger partial charge on any atom is -0.343 e. The monoisotopic (exact) mass is 547 g/mol. The number of rotatable bonds is 6. The van der Waals surface area contributed by atoms with E-state index < -0.39 is 18.3 Å². The van der Waals surface area contributed by atoms with Crippen LogP contribution in [0, 0.1) is 11.3 Å². The minimum absolute atomic E-state index is 0.0246. The standard InChI is InChI=1S/C33H42FN3O3/c1-22(2)24-9-11-26(12-10-24)30(25-7-5-4-6-8-25)35-31(39)29-19-28(34)21-37(29)32(40)27-13-14-33(20-27)15-17-36(18-16-33)23(3)38/h4-12,22,27-30H,13-21H2,1-3H3,(H,35,39)/t27?,28-,29+,30+/m1/s1. The topological polar surface area (TPSA) is 69.7 Å². The summed E-state index contributed by atoms with van der Waals surface area (Å²) in [5, 5.41) is 3.17. The normalized spacial score (nSPS) is 24.9. The Labute approximate surface area is 237 Å². The second-order valence-electron chi connectivity index (χ2n) is 12.5. The number of piperidine rings is 1. The number of hydrogen-bond acceptors (Lipinski definition) is 3. The first-order valence-corrected chi connectivity index (χ1v) is 14.8. The molecule has 2 aromatic rings. The molecule has 2 heterocycles. The molecule has 214 valence electrons. The van der Waals surface area contributed by atoms with E-state index in [9.17, 15) is 18.8 Å². The summed E-state index contributed by atoms with van der Waals surface area (Å²) in [4.78, 5) is 42.7. The summed E-state index contributed by atoms with van der Waals surface area (Å²) in [6.45, 7) is 7.33. The molecule has 3 fully saturated rings. The zero-order valence-electron chi connectivity index (χ0n) is 23.9. The van der Waals surface area contributed by atoms with Crippen molar-refractivity contribution in [1.29, 1.82) is 0 Å². The van der Waals surface area contributed by atoms with E-state index in [4.69, 9.17) is 0 Å². The molecule has 0 bridgehead atoms. The van der Waals surface area contributed by atoms with Gasteiger partial charge in [0.25, 0.3) is 0 Å². The molecule has 2 aliphatic heterocycles. The Kier molecular flexibility index (Phi) is 8.29. The summed E-state index contributed by atoms with van der Waals surface area (Å²) in [5.41, 5.74) is 3.18. The van der Waals surface area contributed by atoms with Gasteiger partial charge in [-0.25, -0.2) is 4.39 Å². The number of nitrogens with one attached hydrogen (secondary N) is 1. The van der Waals surface area contributed by atoms with Crippen molar-refractivity contribution in [3.63, 3.8) is 0 Å². The highest BCUT2D eigenvalue weighted by molar-refractivity contribution is 5.90. The smallest absolute Gasteiger partial charge is 0.243 e. The predicted octanol–water partition coefficient (Wildman–Crippen LogP) is 5.38. The van der Waals surface area contributed by atoms with Crippen molar-refractivity contribution in [1.82, 2.24) is 15.1 Å². The van der Waals surface area contributed by atoms with Gasteiger partial charge in [-0.15, -0.1) is 0 Å². The van der Waals surface area contributed by atoms with Gasteiger partial charge in [0.2, 0.25) is 17.7 Å². The first kappa shape index (κ1) is 28.3. The van der Waals surface area contributed by atoms with E-state index in [1.165, 1.54) is 10.5 Å². The minimum atomic E-state index is -1.21. The van der Waals surface area contributed by atoms with Gasteiger partial charge in [-0.05, 0) is 60.1 Å². The maximum atomic E-state index is 14.8. The van der Waals surface area contributed by atoms with Crippen molar-refractivity contribution in [2.45, 2.75) is 83.5 Å². The van der Waals surface area contributed by atoms with Crippen LogP contribution < -0.4 is 5.32 Å². The van der Waals surface area contributed by atoms with Crippen LogP contribution in [0.15, 0.2) is 54.6 Å². The summed E-state index contributed by atoms with van der Waals surface area (Å²) >= 11 is 0. The lowest BCUT2D eigenvalue weighted by Gasteiger charge is -2.39. The molecule has 7 heteroatoms. The van der Waals surface area contributed by atoms with Crippen LogP contribution in [0.3, 0.4) is 0 Å². The molecule has 1 unspecified atom stereocenters. The lowest BCUT2D eigenvalue weighted by atomic mass is 9.76. The third kappa shape index (κ3) is 5.93. The fourth-order valence-corrected chi connectivity index (χ4v) is 7.00. The molecule has 2 aromatic carbocycles. The lowest BCUT2D eigenvalue weighted by Crippen LogP contribution is -2.48.